The van der Waals surface area contributed by atoms with E-state index in [4.69, 9.17) is 0 Å². The monoisotopic (exact) mass is 350 g/mol. The van der Waals surface area contributed by atoms with E-state index in [0.29, 0.717) is 33.9 Å². The van der Waals surface area contributed by atoms with E-state index >= 15 is 0 Å². The zero-order valence-electron chi connectivity index (χ0n) is 14.1. The van der Waals surface area contributed by atoms with Crippen molar-refractivity contribution in [3.8, 4) is 0 Å². The Morgan fingerprint density at radius 3 is 2.50 bits per heavy atom. The molecule has 1 aliphatic carbocycles. The van der Waals surface area contributed by atoms with Crippen LogP contribution in [-0.4, -0.2) is 21.8 Å². The summed E-state index contributed by atoms with van der Waals surface area (Å²) in [5.74, 6) is 0.203. The minimum absolute atomic E-state index is 0.00285. The van der Waals surface area contributed by atoms with Crippen LogP contribution in [0.1, 0.15) is 23.7 Å². The van der Waals surface area contributed by atoms with Gasteiger partial charge >= 0.3 is 5.69 Å². The van der Waals surface area contributed by atoms with E-state index < -0.39 is 0 Å². The first-order valence-electron chi connectivity index (χ1n) is 8.44. The van der Waals surface area contributed by atoms with Crippen molar-refractivity contribution in [2.24, 2.45) is 11.8 Å². The molecule has 2 amide bonds. The van der Waals surface area contributed by atoms with Gasteiger partial charge in [-0.25, -0.2) is 4.79 Å². The average Bonchev–Trinajstić information content (AvgIpc) is 3.22. The molecule has 1 saturated carbocycles. The summed E-state index contributed by atoms with van der Waals surface area (Å²) < 4.78 is 0. The van der Waals surface area contributed by atoms with Crippen molar-refractivity contribution in [1.82, 2.24) is 9.97 Å². The molecule has 1 aliphatic rings. The van der Waals surface area contributed by atoms with Crippen LogP contribution in [0.4, 0.5) is 11.4 Å². The highest BCUT2D eigenvalue weighted by atomic mass is 16.2. The maximum absolute atomic E-state index is 12.5. The van der Waals surface area contributed by atoms with Crippen LogP contribution in [-0.2, 0) is 4.79 Å². The number of H-pyrrole nitrogens is 2. The number of amides is 2. The van der Waals surface area contributed by atoms with Gasteiger partial charge in [0.05, 0.1) is 11.0 Å². The lowest BCUT2D eigenvalue weighted by Gasteiger charge is -2.08. The lowest BCUT2D eigenvalue weighted by molar-refractivity contribution is -0.117. The van der Waals surface area contributed by atoms with E-state index in [-0.39, 0.29) is 23.4 Å². The predicted molar refractivity (Wildman–Crippen MR) is 99.2 cm³/mol. The normalized spacial score (nSPS) is 18.5. The molecule has 0 aliphatic heterocycles. The molecule has 1 fully saturated rings. The molecule has 0 unspecified atom stereocenters. The number of anilines is 2. The number of carbonyl (C=O) groups excluding carboxylic acids is 2. The Labute approximate surface area is 148 Å². The summed E-state index contributed by atoms with van der Waals surface area (Å²) in [6.07, 6.45) is 0.912. The highest BCUT2D eigenvalue weighted by molar-refractivity contribution is 6.06. The second-order valence-corrected chi connectivity index (χ2v) is 6.68. The highest BCUT2D eigenvalue weighted by Crippen LogP contribution is 2.38. The Kier molecular flexibility index (Phi) is 3.84. The van der Waals surface area contributed by atoms with Crippen LogP contribution in [0.2, 0.25) is 0 Å². The molecule has 0 bridgehead atoms. The Balaban J connectivity index is 1.49. The first-order valence-corrected chi connectivity index (χ1v) is 8.44. The van der Waals surface area contributed by atoms with Crippen molar-refractivity contribution in [3.05, 3.63) is 58.5 Å². The maximum atomic E-state index is 12.5. The topological polar surface area (TPSA) is 107 Å². The number of aromatic nitrogens is 2. The molecular weight excluding hydrogens is 332 g/mol. The second kappa shape index (κ2) is 6.18. The summed E-state index contributed by atoms with van der Waals surface area (Å²) in [5.41, 5.74) is 2.61. The van der Waals surface area contributed by atoms with Crippen molar-refractivity contribution in [3.63, 3.8) is 0 Å². The summed E-state index contributed by atoms with van der Waals surface area (Å²) >= 11 is 0. The van der Waals surface area contributed by atoms with E-state index in [1.165, 1.54) is 0 Å². The third-order valence-corrected chi connectivity index (χ3v) is 4.61. The van der Waals surface area contributed by atoms with Gasteiger partial charge in [0.25, 0.3) is 5.91 Å². The predicted octanol–water partition coefficient (Wildman–Crippen LogP) is 2.70. The average molecular weight is 350 g/mol. The zero-order valence-corrected chi connectivity index (χ0v) is 14.1. The minimum atomic E-state index is -0.295. The van der Waals surface area contributed by atoms with Crippen LogP contribution in [0.15, 0.2) is 47.3 Å². The summed E-state index contributed by atoms with van der Waals surface area (Å²) in [6.45, 7) is 2.04. The Morgan fingerprint density at radius 2 is 1.73 bits per heavy atom. The maximum Gasteiger partial charge on any atom is 0.323 e. The molecule has 132 valence electrons. The van der Waals surface area contributed by atoms with E-state index in [1.807, 2.05) is 6.92 Å². The fourth-order valence-corrected chi connectivity index (χ4v) is 2.97. The third kappa shape index (κ3) is 3.23. The molecular formula is C19H18N4O3. The van der Waals surface area contributed by atoms with Crippen molar-refractivity contribution in [2.45, 2.75) is 13.3 Å². The van der Waals surface area contributed by atoms with Gasteiger partial charge in [0, 0.05) is 22.9 Å². The van der Waals surface area contributed by atoms with Crippen LogP contribution in [0.25, 0.3) is 11.0 Å². The quantitative estimate of drug-likeness (QED) is 0.581. The minimum Gasteiger partial charge on any atom is -0.326 e. The van der Waals surface area contributed by atoms with Crippen LogP contribution in [0.3, 0.4) is 0 Å². The van der Waals surface area contributed by atoms with Gasteiger partial charge in [-0.3, -0.25) is 9.59 Å². The van der Waals surface area contributed by atoms with Crippen molar-refractivity contribution < 1.29 is 9.59 Å². The standard InChI is InChI=1S/C19H18N4O3/c1-10-7-14(10)18(25)21-12-4-2-3-11(8-12)17(24)20-13-5-6-15-16(9-13)23-19(26)22-15/h2-6,8-10,14H,7H2,1H3,(H,20,24)(H,21,25)(H2,22,23,26)/t10-,14+/m0/s1. The molecule has 2 atom stereocenters. The molecule has 0 radical (unpaired) electrons. The van der Waals surface area contributed by atoms with Gasteiger partial charge in [0.2, 0.25) is 5.91 Å². The van der Waals surface area contributed by atoms with Crippen LogP contribution in [0.5, 0.6) is 0 Å². The van der Waals surface area contributed by atoms with Crippen molar-refractivity contribution in [1.29, 1.82) is 0 Å². The number of hydrogen-bond acceptors (Lipinski definition) is 3. The second-order valence-electron chi connectivity index (χ2n) is 6.68. The summed E-state index contributed by atoms with van der Waals surface area (Å²) in [6, 6.07) is 11.9. The molecule has 4 rings (SSSR count). The zero-order chi connectivity index (χ0) is 18.3. The fraction of sp³-hybridized carbons (Fsp3) is 0.211. The van der Waals surface area contributed by atoms with Gasteiger partial charge in [-0.05, 0) is 48.7 Å². The number of carbonyl (C=O) groups is 2. The molecule has 26 heavy (non-hydrogen) atoms. The lowest BCUT2D eigenvalue weighted by Crippen LogP contribution is -2.16. The van der Waals surface area contributed by atoms with E-state index in [9.17, 15) is 14.4 Å². The SMILES string of the molecule is C[C@H]1C[C@H]1C(=O)Nc1cccc(C(=O)Nc2ccc3[nH]c(=O)[nH]c3c2)c1. The molecule has 0 saturated heterocycles. The number of fused-ring (bicyclic) bond motifs is 1. The highest BCUT2D eigenvalue weighted by Gasteiger charge is 2.39. The Morgan fingerprint density at radius 1 is 1.00 bits per heavy atom. The van der Waals surface area contributed by atoms with Gasteiger partial charge < -0.3 is 20.6 Å². The van der Waals surface area contributed by atoms with Gasteiger partial charge in [-0.2, -0.15) is 0 Å². The van der Waals surface area contributed by atoms with E-state index in [0.717, 1.165) is 6.42 Å². The third-order valence-electron chi connectivity index (χ3n) is 4.61. The molecule has 2 aromatic carbocycles. The first kappa shape index (κ1) is 16.1. The number of imidazole rings is 1. The smallest absolute Gasteiger partial charge is 0.323 e. The molecule has 1 heterocycles. The summed E-state index contributed by atoms with van der Waals surface area (Å²) in [7, 11) is 0. The molecule has 1 aromatic heterocycles. The summed E-state index contributed by atoms with van der Waals surface area (Å²) in [5, 5.41) is 5.65. The van der Waals surface area contributed by atoms with Crippen LogP contribution >= 0.6 is 0 Å². The number of nitrogens with one attached hydrogen (secondary N) is 4. The van der Waals surface area contributed by atoms with Crippen molar-refractivity contribution in [2.75, 3.05) is 10.6 Å². The van der Waals surface area contributed by atoms with Gasteiger partial charge in [-0.1, -0.05) is 13.0 Å². The van der Waals surface area contributed by atoms with Gasteiger partial charge in [0.15, 0.2) is 0 Å². The Hall–Kier alpha value is -3.35. The largest absolute Gasteiger partial charge is 0.326 e. The van der Waals surface area contributed by atoms with Crippen molar-refractivity contribution >= 4 is 34.2 Å². The first-order chi connectivity index (χ1) is 12.5. The molecule has 0 spiro atoms. The van der Waals surface area contributed by atoms with Crippen LogP contribution < -0.4 is 16.3 Å². The molecule has 7 heteroatoms. The van der Waals surface area contributed by atoms with E-state index in [2.05, 4.69) is 20.6 Å². The van der Waals surface area contributed by atoms with Crippen LogP contribution in [0, 0.1) is 11.8 Å². The van der Waals surface area contributed by atoms with Gasteiger partial charge in [0.1, 0.15) is 0 Å². The molecule has 7 nitrogen and oxygen atoms in total. The number of rotatable bonds is 4. The fourth-order valence-electron chi connectivity index (χ4n) is 2.97. The number of aromatic amines is 2. The molecule has 3 aromatic rings. The lowest BCUT2D eigenvalue weighted by atomic mass is 10.1. The molecule has 4 N–H and O–H groups in total. The van der Waals surface area contributed by atoms with E-state index in [1.54, 1.807) is 42.5 Å². The number of benzene rings is 2. The van der Waals surface area contributed by atoms with Gasteiger partial charge in [-0.15, -0.1) is 0 Å². The summed E-state index contributed by atoms with van der Waals surface area (Å²) in [4.78, 5) is 41.1. The Bertz CT molecular complexity index is 1070. The number of hydrogen-bond donors (Lipinski definition) is 4.